The molecule has 1 N–H and O–H groups in total. The zero-order valence-corrected chi connectivity index (χ0v) is 20.8. The molecule has 0 saturated carbocycles. The number of alkyl halides is 3. The van der Waals surface area contributed by atoms with Gasteiger partial charge < -0.3 is 15.0 Å². The van der Waals surface area contributed by atoms with E-state index in [0.29, 0.717) is 18.7 Å². The first-order valence-electron chi connectivity index (χ1n) is 12.2. The maximum Gasteiger partial charge on any atom is 0.416 e. The number of ether oxygens (including phenoxy) is 1. The Morgan fingerprint density at radius 3 is 2.40 bits per heavy atom. The Bertz CT molecular complexity index is 1050. The lowest BCUT2D eigenvalue weighted by atomic mass is 9.96. The summed E-state index contributed by atoms with van der Waals surface area (Å²) in [6.45, 7) is 9.39. The molecule has 35 heavy (non-hydrogen) atoms. The number of piperazine rings is 1. The van der Waals surface area contributed by atoms with Crippen molar-refractivity contribution in [1.82, 2.24) is 15.1 Å². The lowest BCUT2D eigenvalue weighted by Crippen LogP contribution is -2.49. The van der Waals surface area contributed by atoms with Crippen molar-refractivity contribution in [3.63, 3.8) is 0 Å². The molecule has 2 heterocycles. The highest BCUT2D eigenvalue weighted by Crippen LogP contribution is 2.39. The van der Waals surface area contributed by atoms with E-state index in [2.05, 4.69) is 43.1 Å². The molecule has 2 aromatic rings. The third kappa shape index (κ3) is 5.19. The number of hydrogen-bond donors (Lipinski definition) is 1. The van der Waals surface area contributed by atoms with Gasteiger partial charge in [0.25, 0.3) is 5.91 Å². The first-order valence-corrected chi connectivity index (χ1v) is 12.2. The molecule has 0 radical (unpaired) electrons. The monoisotopic (exact) mass is 489 g/mol. The Balaban J connectivity index is 1.40. The van der Waals surface area contributed by atoms with Gasteiger partial charge in [0, 0.05) is 36.8 Å². The van der Waals surface area contributed by atoms with Gasteiger partial charge in [-0.25, -0.2) is 0 Å². The maximum atomic E-state index is 13.0. The fourth-order valence-corrected chi connectivity index (χ4v) is 5.42. The second kappa shape index (κ2) is 10.2. The number of benzene rings is 2. The van der Waals surface area contributed by atoms with Crippen LogP contribution in [0.15, 0.2) is 36.4 Å². The molecule has 4 rings (SSSR count). The predicted molar refractivity (Wildman–Crippen MR) is 130 cm³/mol. The van der Waals surface area contributed by atoms with E-state index in [4.69, 9.17) is 4.74 Å². The van der Waals surface area contributed by atoms with Crippen molar-refractivity contribution in [3.8, 4) is 5.75 Å². The average Bonchev–Trinajstić information content (AvgIpc) is 3.44. The smallest absolute Gasteiger partial charge is 0.416 e. The Hall–Kier alpha value is -2.58. The molecule has 3 atom stereocenters. The van der Waals surface area contributed by atoms with Gasteiger partial charge in [0.05, 0.1) is 12.2 Å². The summed E-state index contributed by atoms with van der Waals surface area (Å²) in [5.74, 6) is 0.733. The highest BCUT2D eigenvalue weighted by molar-refractivity contribution is 5.94. The molecular weight excluding hydrogens is 455 g/mol. The van der Waals surface area contributed by atoms with Gasteiger partial charge in [-0.1, -0.05) is 6.07 Å². The lowest BCUT2D eigenvalue weighted by molar-refractivity contribution is -0.137. The quantitative estimate of drug-likeness (QED) is 0.532. The highest BCUT2D eigenvalue weighted by atomic mass is 19.4. The van der Waals surface area contributed by atoms with Crippen LogP contribution in [0.3, 0.4) is 0 Å². The van der Waals surface area contributed by atoms with Crippen LogP contribution in [-0.4, -0.2) is 61.1 Å². The van der Waals surface area contributed by atoms with Gasteiger partial charge in [0.1, 0.15) is 5.75 Å². The second-order valence-electron chi connectivity index (χ2n) is 9.66. The van der Waals surface area contributed by atoms with Crippen LogP contribution in [0.1, 0.15) is 58.4 Å². The second-order valence-corrected chi connectivity index (χ2v) is 9.66. The number of nitrogens with one attached hydrogen (secondary N) is 1. The van der Waals surface area contributed by atoms with Crippen molar-refractivity contribution in [2.45, 2.75) is 57.9 Å². The van der Waals surface area contributed by atoms with Crippen LogP contribution >= 0.6 is 0 Å². The van der Waals surface area contributed by atoms with Gasteiger partial charge in [-0.05, 0) is 94.2 Å². The molecule has 2 aromatic carbocycles. The van der Waals surface area contributed by atoms with Crippen LogP contribution in [0, 0.1) is 13.8 Å². The number of carbonyl (C=O) groups is 1. The van der Waals surface area contributed by atoms with Crippen molar-refractivity contribution in [1.29, 1.82) is 0 Å². The van der Waals surface area contributed by atoms with E-state index in [1.165, 1.54) is 23.3 Å². The van der Waals surface area contributed by atoms with Crippen molar-refractivity contribution in [3.05, 3.63) is 64.2 Å². The fraction of sp³-hybridized carbons (Fsp3) is 0.519. The molecule has 2 aliphatic heterocycles. The lowest BCUT2D eigenvalue weighted by Gasteiger charge is -2.38. The molecule has 1 amide bonds. The number of carbonyl (C=O) groups excluding carboxylic acids is 1. The minimum absolute atomic E-state index is 0.0772. The predicted octanol–water partition coefficient (Wildman–Crippen LogP) is 4.97. The molecule has 190 valence electrons. The number of rotatable bonds is 8. The minimum atomic E-state index is -4.40. The van der Waals surface area contributed by atoms with Crippen LogP contribution in [0.25, 0.3) is 0 Å². The first kappa shape index (κ1) is 25.5. The summed E-state index contributed by atoms with van der Waals surface area (Å²) < 4.78 is 44.5. The third-order valence-electron chi connectivity index (χ3n) is 7.56. The van der Waals surface area contributed by atoms with Crippen LogP contribution < -0.4 is 10.1 Å². The molecule has 0 spiro atoms. The number of nitrogens with zero attached hydrogens (tertiary/aromatic N) is 2. The largest absolute Gasteiger partial charge is 0.493 e. The molecule has 0 unspecified atom stereocenters. The number of fused-ring (bicyclic) bond motifs is 2. The molecule has 5 nitrogen and oxygen atoms in total. The van der Waals surface area contributed by atoms with E-state index in [9.17, 15) is 18.0 Å². The molecule has 2 bridgehead atoms. The fourth-order valence-electron chi connectivity index (χ4n) is 5.42. The van der Waals surface area contributed by atoms with E-state index >= 15 is 0 Å². The summed E-state index contributed by atoms with van der Waals surface area (Å²) in [4.78, 5) is 17.3. The Morgan fingerprint density at radius 2 is 1.80 bits per heavy atom. The zero-order valence-electron chi connectivity index (χ0n) is 20.8. The van der Waals surface area contributed by atoms with Crippen molar-refractivity contribution >= 4 is 5.91 Å². The summed E-state index contributed by atoms with van der Waals surface area (Å²) in [6, 6.07) is 9.26. The zero-order chi connectivity index (χ0) is 25.3. The van der Waals surface area contributed by atoms with Crippen LogP contribution in [-0.2, 0) is 6.18 Å². The standard InChI is InChI=1S/C27H34F3N3O2/c1-17-18(2)25(35-13-5-12-31-4)11-10-24(17)19(3)32-15-23-14-22(32)16-33(23)26(34)20-6-8-21(9-7-20)27(28,29)30/h6-11,19,22-23,31H,5,12-16H2,1-4H3/t19-,22-,23-/m0/s1. The Labute approximate surface area is 205 Å². The van der Waals surface area contributed by atoms with E-state index in [0.717, 1.165) is 49.4 Å². The third-order valence-corrected chi connectivity index (χ3v) is 7.56. The van der Waals surface area contributed by atoms with E-state index in [-0.39, 0.29) is 24.0 Å². The summed E-state index contributed by atoms with van der Waals surface area (Å²) in [6.07, 6.45) is -2.56. The Morgan fingerprint density at radius 1 is 1.09 bits per heavy atom. The topological polar surface area (TPSA) is 44.8 Å². The molecular formula is C27H34F3N3O2. The number of hydrogen-bond acceptors (Lipinski definition) is 4. The molecule has 2 saturated heterocycles. The highest BCUT2D eigenvalue weighted by Gasteiger charge is 2.47. The molecule has 8 heteroatoms. The van der Waals surface area contributed by atoms with E-state index < -0.39 is 11.7 Å². The SMILES string of the molecule is CNCCCOc1ccc([C@H](C)N2C[C@@H]3C[C@H]2CN3C(=O)c2ccc(C(F)(F)F)cc2)c(C)c1C. The van der Waals surface area contributed by atoms with Crippen molar-refractivity contribution in [2.24, 2.45) is 0 Å². The Kier molecular flexibility index (Phi) is 7.43. The minimum Gasteiger partial charge on any atom is -0.493 e. The van der Waals surface area contributed by atoms with Crippen LogP contribution in [0.5, 0.6) is 5.75 Å². The summed E-state index contributed by atoms with van der Waals surface area (Å²) >= 11 is 0. The van der Waals surface area contributed by atoms with Gasteiger partial charge in [-0.15, -0.1) is 0 Å². The maximum absolute atomic E-state index is 13.0. The normalized spacial score (nSPS) is 20.9. The summed E-state index contributed by atoms with van der Waals surface area (Å²) in [7, 11) is 1.93. The van der Waals surface area contributed by atoms with E-state index in [1.807, 2.05) is 11.9 Å². The number of amides is 1. The van der Waals surface area contributed by atoms with Gasteiger partial charge >= 0.3 is 6.18 Å². The molecule has 0 aromatic heterocycles. The van der Waals surface area contributed by atoms with E-state index in [1.54, 1.807) is 0 Å². The van der Waals surface area contributed by atoms with Gasteiger partial charge in [-0.3, -0.25) is 9.69 Å². The molecule has 2 fully saturated rings. The van der Waals surface area contributed by atoms with Crippen LogP contribution in [0.2, 0.25) is 0 Å². The average molecular weight is 490 g/mol. The number of likely N-dealkylation sites (tertiary alicyclic amines) is 2. The van der Waals surface area contributed by atoms with Gasteiger partial charge in [0.2, 0.25) is 0 Å². The molecule has 2 aliphatic rings. The van der Waals surface area contributed by atoms with Crippen molar-refractivity contribution < 1.29 is 22.7 Å². The molecule has 0 aliphatic carbocycles. The van der Waals surface area contributed by atoms with Gasteiger partial charge in [0.15, 0.2) is 0 Å². The number of halogens is 3. The van der Waals surface area contributed by atoms with Gasteiger partial charge in [-0.2, -0.15) is 13.2 Å². The van der Waals surface area contributed by atoms with Crippen LogP contribution in [0.4, 0.5) is 13.2 Å². The summed E-state index contributed by atoms with van der Waals surface area (Å²) in [5.41, 5.74) is 3.21. The first-order chi connectivity index (χ1) is 16.6. The summed E-state index contributed by atoms with van der Waals surface area (Å²) in [5, 5.41) is 3.12. The van der Waals surface area contributed by atoms with Crippen molar-refractivity contribution in [2.75, 3.05) is 33.3 Å².